The lowest BCUT2D eigenvalue weighted by Crippen LogP contribution is -2.51. The van der Waals surface area contributed by atoms with E-state index in [2.05, 4.69) is 4.98 Å². The van der Waals surface area contributed by atoms with Crippen LogP contribution in [0.5, 0.6) is 5.75 Å². The molecule has 0 bridgehead atoms. The highest BCUT2D eigenvalue weighted by Crippen LogP contribution is 2.34. The number of ether oxygens (including phenoxy) is 1. The van der Waals surface area contributed by atoms with Crippen LogP contribution in [-0.2, 0) is 21.4 Å². The van der Waals surface area contributed by atoms with Gasteiger partial charge >= 0.3 is 0 Å². The van der Waals surface area contributed by atoms with Crippen molar-refractivity contribution in [1.29, 1.82) is 0 Å². The van der Waals surface area contributed by atoms with Crippen molar-refractivity contribution in [3.8, 4) is 5.75 Å². The van der Waals surface area contributed by atoms with Crippen molar-refractivity contribution in [1.82, 2.24) is 14.8 Å². The number of pyridine rings is 1. The van der Waals surface area contributed by atoms with E-state index in [4.69, 9.17) is 4.74 Å². The fraction of sp³-hybridized carbons (Fsp3) is 0.400. The van der Waals surface area contributed by atoms with E-state index in [1.807, 2.05) is 0 Å². The second-order valence-corrected chi connectivity index (χ2v) is 8.94. The van der Waals surface area contributed by atoms with Crippen LogP contribution in [0.15, 0.2) is 53.7 Å². The third kappa shape index (κ3) is 5.28. The van der Waals surface area contributed by atoms with Gasteiger partial charge in [-0.15, -0.1) is 12.4 Å². The molecule has 1 aliphatic rings. The van der Waals surface area contributed by atoms with Crippen molar-refractivity contribution in [2.45, 2.75) is 43.2 Å². The molecule has 10 heteroatoms. The predicted molar refractivity (Wildman–Crippen MR) is 113 cm³/mol. The van der Waals surface area contributed by atoms with Gasteiger partial charge in [0.1, 0.15) is 11.8 Å². The Hall–Kier alpha value is -2.20. The van der Waals surface area contributed by atoms with Crippen LogP contribution in [0.4, 0.5) is 0 Å². The van der Waals surface area contributed by atoms with E-state index in [-0.39, 0.29) is 29.8 Å². The summed E-state index contributed by atoms with van der Waals surface area (Å²) in [5.41, 5.74) is 2.37. The lowest BCUT2D eigenvalue weighted by atomic mass is 9.97. The first-order valence-electron chi connectivity index (χ1n) is 9.46. The number of aromatic nitrogens is 1. The third-order valence-electron chi connectivity index (χ3n) is 5.29. The van der Waals surface area contributed by atoms with E-state index >= 15 is 0 Å². The largest absolute Gasteiger partial charge is 0.497 e. The smallest absolute Gasteiger partial charge is 0.262 e. The van der Waals surface area contributed by atoms with E-state index in [1.54, 1.807) is 42.1 Å². The zero-order valence-electron chi connectivity index (χ0n) is 16.6. The number of amides is 1. The second kappa shape index (κ2) is 10.7. The molecular formula is C20H26ClN3O5S. The summed E-state index contributed by atoms with van der Waals surface area (Å²) in [7, 11) is -2.53. The van der Waals surface area contributed by atoms with Crippen molar-refractivity contribution in [3.63, 3.8) is 0 Å². The van der Waals surface area contributed by atoms with Gasteiger partial charge < -0.3 is 4.74 Å². The van der Waals surface area contributed by atoms with Crippen molar-refractivity contribution in [2.75, 3.05) is 7.11 Å². The number of methoxy groups -OCH3 is 1. The molecule has 0 radical (unpaired) electrons. The van der Waals surface area contributed by atoms with Crippen LogP contribution in [0.3, 0.4) is 0 Å². The average Bonchev–Trinajstić information content (AvgIpc) is 3.28. The Labute approximate surface area is 182 Å². The van der Waals surface area contributed by atoms with Crippen molar-refractivity contribution in [3.05, 3.63) is 54.4 Å². The maximum atomic E-state index is 13.6. The van der Waals surface area contributed by atoms with E-state index in [1.165, 1.54) is 23.5 Å². The quantitative estimate of drug-likeness (QED) is 0.468. The number of hydrogen-bond donors (Lipinski definition) is 2. The first kappa shape index (κ1) is 24.1. The van der Waals surface area contributed by atoms with E-state index in [9.17, 15) is 18.4 Å². The number of hydroxylamine groups is 1. The molecule has 164 valence electrons. The Balaban J connectivity index is 0.00000320. The van der Waals surface area contributed by atoms with E-state index in [0.29, 0.717) is 11.3 Å². The van der Waals surface area contributed by atoms with Gasteiger partial charge in [0.2, 0.25) is 10.0 Å². The SMILES string of the molecule is COc1ccc(S(=O)(=O)N(Cc2ccncc2)[C@@H](C(=O)NO)C2CCCC2)cc1.Cl. The molecule has 3 rings (SSSR count). The number of hydrogen-bond acceptors (Lipinski definition) is 6. The number of halogens is 1. The number of nitrogens with zero attached hydrogens (tertiary/aromatic N) is 2. The standard InChI is InChI=1S/C20H25N3O5S.ClH/c1-28-17-6-8-18(9-7-17)29(26,27)23(14-15-10-12-21-13-11-15)19(20(24)22-25)16-4-2-3-5-16;/h6-13,16,19,25H,2-5,14H2,1H3,(H,22,24);1H/t19-;/m1./s1. The van der Waals surface area contributed by atoms with Crippen LogP contribution in [0.2, 0.25) is 0 Å². The van der Waals surface area contributed by atoms with Crippen molar-refractivity contribution < 1.29 is 23.2 Å². The summed E-state index contributed by atoms with van der Waals surface area (Å²) in [6, 6.07) is 8.44. The van der Waals surface area contributed by atoms with E-state index in [0.717, 1.165) is 25.7 Å². The number of carbonyl (C=O) groups excluding carboxylic acids is 1. The highest BCUT2D eigenvalue weighted by molar-refractivity contribution is 7.89. The number of carbonyl (C=O) groups is 1. The van der Waals surface area contributed by atoms with Crippen LogP contribution in [0.25, 0.3) is 0 Å². The first-order chi connectivity index (χ1) is 14.0. The molecule has 1 fully saturated rings. The van der Waals surface area contributed by atoms with Crippen LogP contribution >= 0.6 is 12.4 Å². The zero-order chi connectivity index (χ0) is 20.9. The Morgan fingerprint density at radius 1 is 1.20 bits per heavy atom. The Morgan fingerprint density at radius 3 is 2.33 bits per heavy atom. The van der Waals surface area contributed by atoms with Gasteiger partial charge in [0, 0.05) is 18.9 Å². The summed E-state index contributed by atoms with van der Waals surface area (Å²) in [6.45, 7) is -0.00846. The molecular weight excluding hydrogens is 430 g/mol. The molecule has 1 atom stereocenters. The van der Waals surface area contributed by atoms with Crippen molar-refractivity contribution in [2.24, 2.45) is 5.92 Å². The molecule has 8 nitrogen and oxygen atoms in total. The highest BCUT2D eigenvalue weighted by atomic mass is 35.5. The Bertz CT molecular complexity index is 919. The average molecular weight is 456 g/mol. The lowest BCUT2D eigenvalue weighted by molar-refractivity contribution is -0.135. The summed E-state index contributed by atoms with van der Waals surface area (Å²) >= 11 is 0. The molecule has 30 heavy (non-hydrogen) atoms. The minimum Gasteiger partial charge on any atom is -0.497 e. The van der Waals surface area contributed by atoms with Gasteiger partial charge in [-0.1, -0.05) is 12.8 Å². The van der Waals surface area contributed by atoms with Gasteiger partial charge in [-0.2, -0.15) is 4.31 Å². The second-order valence-electron chi connectivity index (χ2n) is 7.05. The van der Waals surface area contributed by atoms with Gasteiger partial charge in [-0.3, -0.25) is 15.0 Å². The topological polar surface area (TPSA) is 109 Å². The summed E-state index contributed by atoms with van der Waals surface area (Å²) in [5.74, 6) is -0.356. The van der Waals surface area contributed by atoms with Crippen LogP contribution < -0.4 is 10.2 Å². The molecule has 2 N–H and O–H groups in total. The molecule has 1 aromatic carbocycles. The molecule has 1 aliphatic carbocycles. The number of rotatable bonds is 8. The molecule has 1 aromatic heterocycles. The monoisotopic (exact) mass is 455 g/mol. The summed E-state index contributed by atoms with van der Waals surface area (Å²) in [6.07, 6.45) is 6.44. The summed E-state index contributed by atoms with van der Waals surface area (Å²) in [4.78, 5) is 16.6. The van der Waals surface area contributed by atoms with Gasteiger partial charge in [-0.05, 0) is 60.7 Å². The highest BCUT2D eigenvalue weighted by Gasteiger charge is 2.41. The molecule has 0 saturated heterocycles. The number of sulfonamides is 1. The van der Waals surface area contributed by atoms with Crippen LogP contribution in [-0.4, -0.2) is 42.0 Å². The minimum absolute atomic E-state index is 0. The molecule has 2 aromatic rings. The van der Waals surface area contributed by atoms with Gasteiger partial charge in [0.05, 0.1) is 12.0 Å². The number of benzene rings is 1. The minimum atomic E-state index is -4.03. The Morgan fingerprint density at radius 2 is 1.80 bits per heavy atom. The normalized spacial score (nSPS) is 15.4. The zero-order valence-corrected chi connectivity index (χ0v) is 18.2. The maximum Gasteiger partial charge on any atom is 0.262 e. The molecule has 1 heterocycles. The van der Waals surface area contributed by atoms with Crippen molar-refractivity contribution >= 4 is 28.3 Å². The maximum absolute atomic E-state index is 13.6. The molecule has 0 spiro atoms. The predicted octanol–water partition coefficient (Wildman–Crippen LogP) is 2.77. The fourth-order valence-electron chi connectivity index (χ4n) is 3.80. The first-order valence-corrected chi connectivity index (χ1v) is 10.9. The molecule has 0 unspecified atom stereocenters. The van der Waals surface area contributed by atoms with Crippen LogP contribution in [0, 0.1) is 5.92 Å². The Kier molecular flexibility index (Phi) is 8.60. The van der Waals surface area contributed by atoms with Gasteiger partial charge in [0.25, 0.3) is 5.91 Å². The molecule has 1 amide bonds. The summed E-state index contributed by atoms with van der Waals surface area (Å²) in [5, 5.41) is 9.34. The molecule has 0 aliphatic heterocycles. The third-order valence-corrected chi connectivity index (χ3v) is 7.13. The fourth-order valence-corrected chi connectivity index (χ4v) is 5.44. The lowest BCUT2D eigenvalue weighted by Gasteiger charge is -2.33. The van der Waals surface area contributed by atoms with Crippen LogP contribution in [0.1, 0.15) is 31.2 Å². The molecule has 1 saturated carbocycles. The number of nitrogens with one attached hydrogen (secondary N) is 1. The van der Waals surface area contributed by atoms with Gasteiger partial charge in [-0.25, -0.2) is 13.9 Å². The van der Waals surface area contributed by atoms with E-state index < -0.39 is 22.0 Å². The summed E-state index contributed by atoms with van der Waals surface area (Å²) < 4.78 is 33.4. The van der Waals surface area contributed by atoms with Gasteiger partial charge in [0.15, 0.2) is 0 Å².